The van der Waals surface area contributed by atoms with Crippen LogP contribution in [0.2, 0.25) is 0 Å². The summed E-state index contributed by atoms with van der Waals surface area (Å²) in [4.78, 5) is 48.1. The van der Waals surface area contributed by atoms with Gasteiger partial charge < -0.3 is 28.4 Å². The molecule has 0 radical (unpaired) electrons. The second-order valence-corrected chi connectivity index (χ2v) is 10.8. The molecule has 0 bridgehead atoms. The van der Waals surface area contributed by atoms with E-state index in [4.69, 9.17) is 28.4 Å². The monoisotopic (exact) mass is 628 g/mol. The number of rotatable bonds is 13. The van der Waals surface area contributed by atoms with Crippen molar-refractivity contribution in [3.8, 4) is 17.2 Å². The molecule has 0 unspecified atom stereocenters. The molecule has 0 atom stereocenters. The summed E-state index contributed by atoms with van der Waals surface area (Å²) >= 11 is 0. The van der Waals surface area contributed by atoms with Crippen molar-refractivity contribution in [3.63, 3.8) is 0 Å². The maximum atomic E-state index is 12.7. The smallest absolute Gasteiger partial charge is 0.343 e. The Bertz CT molecular complexity index is 1550. The normalized spacial score (nSPS) is 15.5. The zero-order valence-electron chi connectivity index (χ0n) is 25.8. The average Bonchev–Trinajstić information content (AvgIpc) is 3.06. The summed E-state index contributed by atoms with van der Waals surface area (Å²) in [6.45, 7) is 9.58. The molecule has 0 aromatic heterocycles. The van der Waals surface area contributed by atoms with Crippen molar-refractivity contribution < 1.29 is 47.6 Å². The number of hydrogen-bond donors (Lipinski definition) is 0. The van der Waals surface area contributed by atoms with Gasteiger partial charge in [-0.3, -0.25) is 0 Å². The first kappa shape index (κ1) is 33.5. The Morgan fingerprint density at radius 1 is 0.609 bits per heavy atom. The van der Waals surface area contributed by atoms with Gasteiger partial charge in [-0.05, 0) is 112 Å². The summed E-state index contributed by atoms with van der Waals surface area (Å²) in [6, 6.07) is 20.2. The van der Waals surface area contributed by atoms with E-state index in [0.717, 1.165) is 31.2 Å². The molecule has 240 valence electrons. The van der Waals surface area contributed by atoms with Crippen LogP contribution >= 0.6 is 0 Å². The second kappa shape index (κ2) is 16.1. The highest BCUT2D eigenvalue weighted by Gasteiger charge is 2.25. The van der Waals surface area contributed by atoms with Crippen molar-refractivity contribution >= 4 is 23.9 Å². The second-order valence-electron chi connectivity index (χ2n) is 10.8. The quantitative estimate of drug-likeness (QED) is 0.0664. The van der Waals surface area contributed by atoms with E-state index in [1.807, 2.05) is 12.1 Å². The third kappa shape index (κ3) is 9.82. The SMILES string of the molecule is C=C(C)C(=O)OCOc1ccc(C(=O)Oc2ccc(C3CCC(OC(=O)c4ccc(OCOC(=O)C(=C)C)cc4)CC3)cc2)cc1. The number of esters is 4. The van der Waals surface area contributed by atoms with Gasteiger partial charge >= 0.3 is 23.9 Å². The largest absolute Gasteiger partial charge is 0.459 e. The fraction of sp³-hybridized carbons (Fsp3) is 0.278. The van der Waals surface area contributed by atoms with Crippen molar-refractivity contribution in [2.24, 2.45) is 0 Å². The number of carbonyl (C=O) groups is 4. The van der Waals surface area contributed by atoms with Crippen LogP contribution < -0.4 is 14.2 Å². The minimum atomic E-state index is -0.547. The van der Waals surface area contributed by atoms with E-state index in [9.17, 15) is 19.2 Å². The van der Waals surface area contributed by atoms with Gasteiger partial charge in [0.05, 0.1) is 11.1 Å². The van der Waals surface area contributed by atoms with Crippen LogP contribution in [0.25, 0.3) is 0 Å². The topological polar surface area (TPSA) is 124 Å². The van der Waals surface area contributed by atoms with Crippen LogP contribution in [0.1, 0.15) is 71.7 Å². The van der Waals surface area contributed by atoms with E-state index in [0.29, 0.717) is 34.3 Å². The Morgan fingerprint density at radius 3 is 1.50 bits per heavy atom. The summed E-state index contributed by atoms with van der Waals surface area (Å²) in [5.74, 6) is -0.390. The molecule has 0 aliphatic heterocycles. The fourth-order valence-electron chi connectivity index (χ4n) is 4.63. The van der Waals surface area contributed by atoms with E-state index < -0.39 is 23.9 Å². The van der Waals surface area contributed by atoms with Gasteiger partial charge in [0.2, 0.25) is 13.6 Å². The van der Waals surface area contributed by atoms with Crippen LogP contribution in [0, 0.1) is 0 Å². The van der Waals surface area contributed by atoms with Crippen LogP contribution in [-0.2, 0) is 23.8 Å². The van der Waals surface area contributed by atoms with Crippen molar-refractivity contribution in [2.45, 2.75) is 51.6 Å². The molecule has 10 nitrogen and oxygen atoms in total. The zero-order valence-corrected chi connectivity index (χ0v) is 25.8. The molecule has 4 rings (SSSR count). The maximum absolute atomic E-state index is 12.7. The predicted molar refractivity (Wildman–Crippen MR) is 167 cm³/mol. The van der Waals surface area contributed by atoms with Gasteiger partial charge in [0.15, 0.2) is 0 Å². The van der Waals surface area contributed by atoms with Gasteiger partial charge in [-0.25, -0.2) is 19.2 Å². The number of hydrogen-bond acceptors (Lipinski definition) is 10. The van der Waals surface area contributed by atoms with Crippen LogP contribution in [-0.4, -0.2) is 43.6 Å². The van der Waals surface area contributed by atoms with Gasteiger partial charge in [0.1, 0.15) is 23.4 Å². The third-order valence-corrected chi connectivity index (χ3v) is 7.22. The molecule has 10 heteroatoms. The molecule has 0 N–H and O–H groups in total. The Balaban J connectivity index is 1.18. The molecular formula is C36H36O10. The molecule has 1 aliphatic carbocycles. The molecule has 1 saturated carbocycles. The zero-order chi connectivity index (χ0) is 33.1. The Morgan fingerprint density at radius 2 is 1.04 bits per heavy atom. The molecule has 46 heavy (non-hydrogen) atoms. The maximum Gasteiger partial charge on any atom is 0.343 e. The van der Waals surface area contributed by atoms with Crippen LogP contribution in [0.3, 0.4) is 0 Å². The summed E-state index contributed by atoms with van der Waals surface area (Å²) in [7, 11) is 0. The van der Waals surface area contributed by atoms with Gasteiger partial charge in [-0.15, -0.1) is 0 Å². The first-order valence-electron chi connectivity index (χ1n) is 14.7. The standard InChI is InChI=1S/C36H36O10/c1-23(2)33(37)43-21-41-29-13-9-27(10-14-29)35(39)45-31-17-5-25(6-18-31)26-7-19-32(20-8-26)46-36(40)28-11-15-30(16-12-28)42-22-44-34(38)24(3)4/h5-6,9-18,26,32H,1,3,7-8,19-22H2,2,4H3. The lowest BCUT2D eigenvalue weighted by molar-refractivity contribution is -0.146. The highest BCUT2D eigenvalue weighted by molar-refractivity contribution is 5.91. The molecule has 1 fully saturated rings. The third-order valence-electron chi connectivity index (χ3n) is 7.22. The van der Waals surface area contributed by atoms with Crippen molar-refractivity contribution in [1.29, 1.82) is 0 Å². The molecule has 0 spiro atoms. The highest BCUT2D eigenvalue weighted by atomic mass is 16.7. The highest BCUT2D eigenvalue weighted by Crippen LogP contribution is 2.35. The van der Waals surface area contributed by atoms with Gasteiger partial charge in [-0.1, -0.05) is 25.3 Å². The molecule has 3 aromatic rings. The van der Waals surface area contributed by atoms with Gasteiger partial charge in [0, 0.05) is 11.1 Å². The number of benzene rings is 3. The Hall–Kier alpha value is -5.38. The van der Waals surface area contributed by atoms with Crippen LogP contribution in [0.5, 0.6) is 17.2 Å². The number of carbonyl (C=O) groups excluding carboxylic acids is 4. The number of ether oxygens (including phenoxy) is 6. The average molecular weight is 629 g/mol. The van der Waals surface area contributed by atoms with E-state index in [2.05, 4.69) is 13.2 Å². The lowest BCUT2D eigenvalue weighted by Crippen LogP contribution is -2.24. The van der Waals surface area contributed by atoms with Gasteiger partial charge in [-0.2, -0.15) is 0 Å². The van der Waals surface area contributed by atoms with Crippen molar-refractivity contribution in [1.82, 2.24) is 0 Å². The predicted octanol–water partition coefficient (Wildman–Crippen LogP) is 6.70. The summed E-state index contributed by atoms with van der Waals surface area (Å²) < 4.78 is 31.8. The summed E-state index contributed by atoms with van der Waals surface area (Å²) in [6.07, 6.45) is 3.00. The molecule has 1 aliphatic rings. The van der Waals surface area contributed by atoms with Gasteiger partial charge in [0.25, 0.3) is 0 Å². The van der Waals surface area contributed by atoms with E-state index in [1.54, 1.807) is 74.5 Å². The van der Waals surface area contributed by atoms with Crippen molar-refractivity contribution in [2.75, 3.05) is 13.6 Å². The van der Waals surface area contributed by atoms with E-state index in [-0.39, 0.29) is 30.8 Å². The molecule has 0 saturated heterocycles. The lowest BCUT2D eigenvalue weighted by atomic mass is 9.83. The van der Waals surface area contributed by atoms with E-state index in [1.165, 1.54) is 0 Å². The Labute approximate surface area is 267 Å². The minimum Gasteiger partial charge on any atom is -0.459 e. The molecule has 0 heterocycles. The summed E-state index contributed by atoms with van der Waals surface area (Å²) in [5, 5.41) is 0. The first-order chi connectivity index (χ1) is 22.1. The Kier molecular flexibility index (Phi) is 11.7. The fourth-order valence-corrected chi connectivity index (χ4v) is 4.63. The minimum absolute atomic E-state index is 0.176. The van der Waals surface area contributed by atoms with Crippen LogP contribution in [0.4, 0.5) is 0 Å². The van der Waals surface area contributed by atoms with Crippen molar-refractivity contribution in [3.05, 3.63) is 114 Å². The molecular weight excluding hydrogens is 592 g/mol. The summed E-state index contributed by atoms with van der Waals surface area (Å²) in [5.41, 5.74) is 2.43. The lowest BCUT2D eigenvalue weighted by Gasteiger charge is -2.28. The molecule has 3 aromatic carbocycles. The molecule has 0 amide bonds. The first-order valence-corrected chi connectivity index (χ1v) is 14.7. The van der Waals surface area contributed by atoms with Crippen LogP contribution in [0.15, 0.2) is 97.1 Å². The van der Waals surface area contributed by atoms with E-state index >= 15 is 0 Å².